The molecule has 0 aromatic heterocycles. The molecule has 9 nitrogen and oxygen atoms in total. The Balaban J connectivity index is 3.95. The second kappa shape index (κ2) is 77.6. The average Bonchev–Trinajstić information content (AvgIpc) is 1.08. The quantitative estimate of drug-likeness (QED) is 0.0211. The second-order valence-corrected chi connectivity index (χ2v) is 30.2. The molecule has 566 valence electrons. The number of phosphoric ester groups is 1. The largest absolute Gasteiger partial charge is 0.472 e. The van der Waals surface area contributed by atoms with E-state index in [0.717, 1.165) is 96.3 Å². The summed E-state index contributed by atoms with van der Waals surface area (Å²) in [6.45, 7) is 4.35. The van der Waals surface area contributed by atoms with E-state index in [9.17, 15) is 19.0 Å². The highest BCUT2D eigenvalue weighted by atomic mass is 31.2. The first-order valence-electron chi connectivity index (χ1n) is 41.3. The van der Waals surface area contributed by atoms with Gasteiger partial charge in [0, 0.05) is 12.8 Å². The molecule has 0 aliphatic heterocycles. The van der Waals surface area contributed by atoms with Crippen LogP contribution in [0.2, 0.25) is 0 Å². The lowest BCUT2D eigenvalue weighted by atomic mass is 10.0. The number of hydrogen-bond acceptors (Lipinski definition) is 7. The van der Waals surface area contributed by atoms with Crippen LogP contribution in [0.3, 0.4) is 0 Å². The summed E-state index contributed by atoms with van der Waals surface area (Å²) in [5.41, 5.74) is 0. The molecule has 0 aliphatic rings. The van der Waals surface area contributed by atoms with Crippen molar-refractivity contribution in [3.05, 3.63) is 122 Å². The van der Waals surface area contributed by atoms with Crippen molar-refractivity contribution in [2.45, 2.75) is 380 Å². The molecule has 2 unspecified atom stereocenters. The molecule has 0 radical (unpaired) electrons. The van der Waals surface area contributed by atoms with E-state index in [1.54, 1.807) is 0 Å². The minimum atomic E-state index is -4.40. The van der Waals surface area contributed by atoms with E-state index in [1.165, 1.54) is 244 Å². The van der Waals surface area contributed by atoms with Crippen LogP contribution < -0.4 is 0 Å². The molecule has 2 atom stereocenters. The zero-order valence-corrected chi connectivity index (χ0v) is 65.6. The third kappa shape index (κ3) is 81.4. The number of carbonyl (C=O) groups is 2. The molecule has 0 aromatic carbocycles. The molecule has 0 saturated heterocycles. The Bertz CT molecular complexity index is 2070. The Morgan fingerprint density at radius 1 is 0.327 bits per heavy atom. The first kappa shape index (κ1) is 94.4. The number of quaternary nitrogens is 1. The van der Waals surface area contributed by atoms with E-state index in [2.05, 4.69) is 135 Å². The molecule has 1 N–H and O–H groups in total. The highest BCUT2D eigenvalue weighted by Crippen LogP contribution is 2.43. The van der Waals surface area contributed by atoms with Crippen LogP contribution >= 0.6 is 7.82 Å². The Morgan fingerprint density at radius 3 is 0.867 bits per heavy atom. The molecule has 0 aliphatic carbocycles. The number of ether oxygens (including phenoxy) is 2. The van der Waals surface area contributed by atoms with Crippen molar-refractivity contribution in [3.63, 3.8) is 0 Å². The first-order valence-corrected chi connectivity index (χ1v) is 42.8. The van der Waals surface area contributed by atoms with Crippen LogP contribution in [0, 0.1) is 0 Å². The predicted octanol–water partition coefficient (Wildman–Crippen LogP) is 27.7. The zero-order chi connectivity index (χ0) is 71.1. The normalized spacial score (nSPS) is 13.7. The van der Waals surface area contributed by atoms with Crippen LogP contribution in [0.5, 0.6) is 0 Å². The molecule has 10 heteroatoms. The van der Waals surface area contributed by atoms with Gasteiger partial charge in [-0.3, -0.25) is 18.6 Å². The highest BCUT2D eigenvalue weighted by Gasteiger charge is 2.27. The van der Waals surface area contributed by atoms with Gasteiger partial charge in [-0.1, -0.05) is 373 Å². The Hall–Kier alpha value is -3.59. The molecule has 0 amide bonds. The van der Waals surface area contributed by atoms with Gasteiger partial charge in [-0.2, -0.15) is 0 Å². The summed E-state index contributed by atoms with van der Waals surface area (Å²) in [6, 6.07) is 0. The van der Waals surface area contributed by atoms with Gasteiger partial charge in [0.05, 0.1) is 27.7 Å². The van der Waals surface area contributed by atoms with E-state index in [1.807, 2.05) is 21.1 Å². The van der Waals surface area contributed by atoms with E-state index in [-0.39, 0.29) is 32.0 Å². The monoisotopic (exact) mass is 1390 g/mol. The van der Waals surface area contributed by atoms with Gasteiger partial charge in [0.15, 0.2) is 6.10 Å². The molecular weight excluding hydrogens is 1230 g/mol. The fourth-order valence-electron chi connectivity index (χ4n) is 11.7. The van der Waals surface area contributed by atoms with Gasteiger partial charge >= 0.3 is 19.8 Å². The lowest BCUT2D eigenvalue weighted by molar-refractivity contribution is -0.870. The average molecular weight is 1390 g/mol. The van der Waals surface area contributed by atoms with Gasteiger partial charge in [-0.25, -0.2) is 4.57 Å². The molecule has 0 fully saturated rings. The van der Waals surface area contributed by atoms with Crippen LogP contribution in [0.15, 0.2) is 122 Å². The molecule has 0 rings (SSSR count). The van der Waals surface area contributed by atoms with E-state index in [0.29, 0.717) is 17.4 Å². The predicted molar refractivity (Wildman–Crippen MR) is 427 cm³/mol. The number of hydrogen-bond donors (Lipinski definition) is 1. The standard InChI is InChI=1S/C88H156NO8P/c1-6-8-10-12-14-16-18-20-22-24-26-28-30-32-34-36-38-40-42-43-44-45-47-48-50-52-54-56-58-60-62-64-66-68-70-72-74-76-78-80-87(90)94-84-86(85-96-98(92,93)95-83-82-89(3,4)5)97-88(91)81-79-77-75-73-71-69-67-65-63-61-59-57-55-53-51-49-46-41-39-37-35-33-31-29-27-25-23-21-19-17-15-13-11-9-7-2/h9,11,15,17-18,20-21,23-24,26-27,29-30,32-33,35,39,41,49,51,86H,6-8,10,12-14,16,19,22,25,28,31,34,36-38,40,42-48,50,52-85H2,1-5H3/p+1/b11-9-,17-15-,20-18-,23-21-,26-24-,29-27-,32-30-,35-33-,41-39-,51-49-. The number of rotatable bonds is 76. The third-order valence-corrected chi connectivity index (χ3v) is 19.0. The molecule has 0 bridgehead atoms. The Labute approximate surface area is 607 Å². The summed E-state index contributed by atoms with van der Waals surface area (Å²) in [5, 5.41) is 0. The van der Waals surface area contributed by atoms with Gasteiger partial charge < -0.3 is 18.9 Å². The van der Waals surface area contributed by atoms with Crippen molar-refractivity contribution in [2.24, 2.45) is 0 Å². The summed E-state index contributed by atoms with van der Waals surface area (Å²) in [6.07, 6.45) is 112. The number of esters is 2. The molecule has 0 aromatic rings. The van der Waals surface area contributed by atoms with Gasteiger partial charge in [0.25, 0.3) is 0 Å². The summed E-state index contributed by atoms with van der Waals surface area (Å²) < 4.78 is 34.8. The Morgan fingerprint density at radius 2 is 0.582 bits per heavy atom. The minimum absolute atomic E-state index is 0.0291. The summed E-state index contributed by atoms with van der Waals surface area (Å²) in [7, 11) is 1.48. The third-order valence-electron chi connectivity index (χ3n) is 18.0. The Kier molecular flexibility index (Phi) is 74.7. The van der Waals surface area contributed by atoms with Crippen LogP contribution in [-0.2, 0) is 32.7 Å². The number of carbonyl (C=O) groups excluding carboxylic acids is 2. The van der Waals surface area contributed by atoms with Crippen molar-refractivity contribution in [2.75, 3.05) is 47.5 Å². The summed E-state index contributed by atoms with van der Waals surface area (Å²) in [4.78, 5) is 36.0. The fraction of sp³-hybridized carbons (Fsp3) is 0.750. The SMILES string of the molecule is CC/C=C\C/C=C\C/C=C\C/C=C\C/C=C\C/C=C\C/C=C\CCCCCCCCCCCCCCCC(=O)OC(COC(=O)CCCCCCCCCCCCCCCCCCCCCCCCCC/C=C\C/C=C\C/C=C\CCCCCCC)COP(=O)(O)OCC[N+](C)(C)C. The van der Waals surface area contributed by atoms with Crippen molar-refractivity contribution in [1.29, 1.82) is 0 Å². The summed E-state index contributed by atoms with van der Waals surface area (Å²) in [5.74, 6) is -0.787. The first-order chi connectivity index (χ1) is 48.0. The smallest absolute Gasteiger partial charge is 0.462 e. The molecule has 98 heavy (non-hydrogen) atoms. The van der Waals surface area contributed by atoms with Crippen LogP contribution in [-0.4, -0.2) is 74.9 Å². The van der Waals surface area contributed by atoms with E-state index in [4.69, 9.17) is 18.5 Å². The van der Waals surface area contributed by atoms with Gasteiger partial charge in [-0.05, 0) is 109 Å². The number of nitrogens with zero attached hydrogens (tertiary/aromatic N) is 1. The van der Waals surface area contributed by atoms with Crippen molar-refractivity contribution in [3.8, 4) is 0 Å². The van der Waals surface area contributed by atoms with Crippen LogP contribution in [0.25, 0.3) is 0 Å². The van der Waals surface area contributed by atoms with Crippen molar-refractivity contribution in [1.82, 2.24) is 0 Å². The second-order valence-electron chi connectivity index (χ2n) is 28.8. The number of allylic oxidation sites excluding steroid dienone is 20. The number of likely N-dealkylation sites (N-methyl/N-ethyl adjacent to an activating group) is 1. The van der Waals surface area contributed by atoms with Gasteiger partial charge in [0.1, 0.15) is 19.8 Å². The molecular formula is C88H157NO8P+. The van der Waals surface area contributed by atoms with E-state index < -0.39 is 26.5 Å². The van der Waals surface area contributed by atoms with Crippen molar-refractivity contribution < 1.29 is 42.1 Å². The number of phosphoric acid groups is 1. The van der Waals surface area contributed by atoms with E-state index >= 15 is 0 Å². The molecule has 0 heterocycles. The van der Waals surface area contributed by atoms with Gasteiger partial charge in [0.2, 0.25) is 0 Å². The van der Waals surface area contributed by atoms with Crippen LogP contribution in [0.4, 0.5) is 0 Å². The maximum atomic E-state index is 12.9. The number of unbranched alkanes of at least 4 members (excludes halogenated alkanes) is 42. The highest BCUT2D eigenvalue weighted by molar-refractivity contribution is 7.47. The fourth-order valence-corrected chi connectivity index (χ4v) is 12.5. The lowest BCUT2D eigenvalue weighted by Crippen LogP contribution is -2.37. The maximum Gasteiger partial charge on any atom is 0.472 e. The van der Waals surface area contributed by atoms with Crippen molar-refractivity contribution >= 4 is 19.8 Å². The maximum absolute atomic E-state index is 12.9. The minimum Gasteiger partial charge on any atom is -0.462 e. The lowest BCUT2D eigenvalue weighted by Gasteiger charge is -2.24. The molecule has 0 spiro atoms. The van der Waals surface area contributed by atoms with Gasteiger partial charge in [-0.15, -0.1) is 0 Å². The summed E-state index contributed by atoms with van der Waals surface area (Å²) >= 11 is 0. The molecule has 0 saturated carbocycles. The topological polar surface area (TPSA) is 108 Å². The zero-order valence-electron chi connectivity index (χ0n) is 64.8. The van der Waals surface area contributed by atoms with Crippen LogP contribution in [0.1, 0.15) is 373 Å².